The van der Waals surface area contributed by atoms with Crippen LogP contribution < -0.4 is 0 Å². The van der Waals surface area contributed by atoms with E-state index in [0.29, 0.717) is 0 Å². The van der Waals surface area contributed by atoms with E-state index in [1.807, 2.05) is 24.4 Å². The van der Waals surface area contributed by atoms with Gasteiger partial charge in [-0.05, 0) is 78.8 Å². The van der Waals surface area contributed by atoms with Crippen LogP contribution >= 0.6 is 0 Å². The van der Waals surface area contributed by atoms with Gasteiger partial charge in [-0.25, -0.2) is 9.97 Å². The lowest BCUT2D eigenvalue weighted by atomic mass is 9.87. The molecule has 3 heteroatoms. The first kappa shape index (κ1) is 28.8. The van der Waals surface area contributed by atoms with E-state index in [0.717, 1.165) is 55.2 Å². The molecule has 0 saturated heterocycles. The standard InChI is InChI=1S/C49H29N3/c1-2-6-30(7-3-1)39-22-16-33-19-25-42-40(23-17-34-18-24-41(39)46(33)47(34)42)31-10-12-32(13-11-31)44-26-20-35-14-15-36-21-27-45(52-49(36)48(35)51-44)38-28-37-8-4-5-9-43(37)50-29-38/h1-29H. The van der Waals surface area contributed by atoms with E-state index in [1.54, 1.807) is 0 Å². The molecule has 0 amide bonds. The molecule has 0 bridgehead atoms. The summed E-state index contributed by atoms with van der Waals surface area (Å²) in [6.07, 6.45) is 1.91. The molecule has 0 spiro atoms. The van der Waals surface area contributed by atoms with Crippen LogP contribution in [0, 0.1) is 0 Å². The quantitative estimate of drug-likeness (QED) is 0.177. The molecule has 0 fully saturated rings. The van der Waals surface area contributed by atoms with Crippen LogP contribution in [0.4, 0.5) is 0 Å². The molecule has 0 unspecified atom stereocenters. The molecule has 0 saturated carbocycles. The molecule has 0 aliphatic rings. The third kappa shape index (κ3) is 4.50. The predicted octanol–water partition coefficient (Wildman–Crippen LogP) is 12.9. The molecule has 240 valence electrons. The van der Waals surface area contributed by atoms with Gasteiger partial charge in [-0.15, -0.1) is 0 Å². The molecule has 11 aromatic rings. The predicted molar refractivity (Wildman–Crippen MR) is 218 cm³/mol. The van der Waals surface area contributed by atoms with Crippen molar-refractivity contribution in [1.29, 1.82) is 0 Å². The molecule has 52 heavy (non-hydrogen) atoms. The lowest BCUT2D eigenvalue weighted by molar-refractivity contribution is 1.34. The Morgan fingerprint density at radius 3 is 1.48 bits per heavy atom. The summed E-state index contributed by atoms with van der Waals surface area (Å²) < 4.78 is 0. The molecular formula is C49H29N3. The maximum Gasteiger partial charge on any atom is 0.0972 e. The molecule has 0 aliphatic heterocycles. The van der Waals surface area contributed by atoms with E-state index in [2.05, 4.69) is 157 Å². The van der Waals surface area contributed by atoms with Gasteiger partial charge in [0.15, 0.2) is 0 Å². The van der Waals surface area contributed by atoms with Crippen LogP contribution in [-0.4, -0.2) is 15.0 Å². The van der Waals surface area contributed by atoms with Crippen molar-refractivity contribution in [3.63, 3.8) is 0 Å². The summed E-state index contributed by atoms with van der Waals surface area (Å²) in [6.45, 7) is 0. The van der Waals surface area contributed by atoms with Crippen LogP contribution in [0.1, 0.15) is 0 Å². The van der Waals surface area contributed by atoms with Gasteiger partial charge < -0.3 is 0 Å². The Morgan fingerprint density at radius 2 is 0.827 bits per heavy atom. The molecule has 0 radical (unpaired) electrons. The molecule has 3 aromatic heterocycles. The normalized spacial score (nSPS) is 11.8. The van der Waals surface area contributed by atoms with Crippen molar-refractivity contribution < 1.29 is 0 Å². The topological polar surface area (TPSA) is 38.7 Å². The minimum Gasteiger partial charge on any atom is -0.256 e. The molecule has 11 rings (SSSR count). The second-order valence-corrected chi connectivity index (χ2v) is 13.6. The van der Waals surface area contributed by atoms with Gasteiger partial charge in [0.2, 0.25) is 0 Å². The maximum atomic E-state index is 5.22. The average Bonchev–Trinajstić information content (AvgIpc) is 3.22. The van der Waals surface area contributed by atoms with E-state index in [1.165, 1.54) is 54.6 Å². The van der Waals surface area contributed by atoms with Crippen molar-refractivity contribution in [3.05, 3.63) is 176 Å². The highest BCUT2D eigenvalue weighted by molar-refractivity contribution is 6.27. The number of aromatic nitrogens is 3. The number of nitrogens with zero attached hydrogens (tertiary/aromatic N) is 3. The zero-order chi connectivity index (χ0) is 34.2. The average molecular weight is 660 g/mol. The second kappa shape index (κ2) is 11.3. The Bertz CT molecular complexity index is 3170. The van der Waals surface area contributed by atoms with Crippen LogP contribution in [0.3, 0.4) is 0 Å². The first-order chi connectivity index (χ1) is 25.7. The second-order valence-electron chi connectivity index (χ2n) is 13.6. The number of benzene rings is 8. The van der Waals surface area contributed by atoms with Gasteiger partial charge in [-0.3, -0.25) is 4.98 Å². The molecule has 3 heterocycles. The van der Waals surface area contributed by atoms with Gasteiger partial charge in [0.1, 0.15) is 0 Å². The lowest BCUT2D eigenvalue weighted by Crippen LogP contribution is -1.92. The highest BCUT2D eigenvalue weighted by Crippen LogP contribution is 2.42. The Labute approximate surface area is 299 Å². The van der Waals surface area contributed by atoms with E-state index >= 15 is 0 Å². The molecule has 3 nitrogen and oxygen atoms in total. The summed E-state index contributed by atoms with van der Waals surface area (Å²) in [5.41, 5.74) is 11.6. The summed E-state index contributed by atoms with van der Waals surface area (Å²) in [7, 11) is 0. The third-order valence-corrected chi connectivity index (χ3v) is 10.6. The molecule has 0 N–H and O–H groups in total. The molecule has 0 atom stereocenters. The minimum absolute atomic E-state index is 0.888. The maximum absolute atomic E-state index is 5.22. The Balaban J connectivity index is 0.998. The monoisotopic (exact) mass is 659 g/mol. The number of hydrogen-bond donors (Lipinski definition) is 0. The summed E-state index contributed by atoms with van der Waals surface area (Å²) in [4.78, 5) is 15.1. The summed E-state index contributed by atoms with van der Waals surface area (Å²) in [6, 6.07) is 60.8. The van der Waals surface area contributed by atoms with Gasteiger partial charge in [-0.1, -0.05) is 146 Å². The number of rotatable bonds is 4. The zero-order valence-electron chi connectivity index (χ0n) is 28.1. The first-order valence-corrected chi connectivity index (χ1v) is 17.7. The van der Waals surface area contributed by atoms with Crippen molar-refractivity contribution in [2.75, 3.05) is 0 Å². The van der Waals surface area contributed by atoms with Gasteiger partial charge in [-0.2, -0.15) is 0 Å². The van der Waals surface area contributed by atoms with Crippen LogP contribution in [0.5, 0.6) is 0 Å². The zero-order valence-corrected chi connectivity index (χ0v) is 28.1. The van der Waals surface area contributed by atoms with Crippen molar-refractivity contribution in [2.45, 2.75) is 0 Å². The van der Waals surface area contributed by atoms with E-state index in [9.17, 15) is 0 Å². The Morgan fingerprint density at radius 1 is 0.327 bits per heavy atom. The highest BCUT2D eigenvalue weighted by atomic mass is 14.8. The van der Waals surface area contributed by atoms with Gasteiger partial charge in [0, 0.05) is 33.5 Å². The molecule has 8 aromatic carbocycles. The van der Waals surface area contributed by atoms with Crippen molar-refractivity contribution in [1.82, 2.24) is 15.0 Å². The largest absolute Gasteiger partial charge is 0.256 e. The Kier molecular flexibility index (Phi) is 6.25. The van der Waals surface area contributed by atoms with Gasteiger partial charge >= 0.3 is 0 Å². The highest BCUT2D eigenvalue weighted by Gasteiger charge is 2.15. The van der Waals surface area contributed by atoms with E-state index in [-0.39, 0.29) is 0 Å². The lowest BCUT2D eigenvalue weighted by Gasteiger charge is -2.16. The van der Waals surface area contributed by atoms with E-state index < -0.39 is 0 Å². The van der Waals surface area contributed by atoms with Crippen LogP contribution in [0.25, 0.3) is 110 Å². The molecular weight excluding hydrogens is 631 g/mol. The fraction of sp³-hybridized carbons (Fsp3) is 0. The summed E-state index contributed by atoms with van der Waals surface area (Å²) in [5, 5.41) is 11.0. The smallest absolute Gasteiger partial charge is 0.0972 e. The number of hydrogen-bond acceptors (Lipinski definition) is 3. The van der Waals surface area contributed by atoms with Crippen molar-refractivity contribution >= 4 is 65.0 Å². The van der Waals surface area contributed by atoms with Crippen LogP contribution in [0.15, 0.2) is 176 Å². The van der Waals surface area contributed by atoms with Gasteiger partial charge in [0.05, 0.1) is 27.9 Å². The van der Waals surface area contributed by atoms with Crippen molar-refractivity contribution in [2.24, 2.45) is 0 Å². The van der Waals surface area contributed by atoms with E-state index in [4.69, 9.17) is 9.97 Å². The first-order valence-electron chi connectivity index (χ1n) is 17.7. The SMILES string of the molecule is c1ccc(-c2ccc3ccc4c(-c5ccc(-c6ccc7ccc8ccc(-c9cnc%10ccccc%10c9)nc8c7n6)cc5)ccc5ccc2c3c54)cc1. The fourth-order valence-corrected chi connectivity index (χ4v) is 8.04. The summed E-state index contributed by atoms with van der Waals surface area (Å²) >= 11 is 0. The fourth-order valence-electron chi connectivity index (χ4n) is 8.04. The number of fused-ring (bicyclic) bond motifs is 4. The number of pyridine rings is 3. The Hall–Kier alpha value is -6.97. The van der Waals surface area contributed by atoms with Crippen LogP contribution in [-0.2, 0) is 0 Å². The van der Waals surface area contributed by atoms with Crippen molar-refractivity contribution in [3.8, 4) is 44.8 Å². The minimum atomic E-state index is 0.888. The number of para-hydroxylation sites is 1. The van der Waals surface area contributed by atoms with Gasteiger partial charge in [0.25, 0.3) is 0 Å². The molecule has 0 aliphatic carbocycles. The third-order valence-electron chi connectivity index (χ3n) is 10.6. The summed E-state index contributed by atoms with van der Waals surface area (Å²) in [5.74, 6) is 0. The van der Waals surface area contributed by atoms with Crippen LogP contribution in [0.2, 0.25) is 0 Å².